The first-order chi connectivity index (χ1) is 9.68. The van der Waals surface area contributed by atoms with Crippen molar-refractivity contribution in [2.24, 2.45) is 18.1 Å². The number of amides is 1. The summed E-state index contributed by atoms with van der Waals surface area (Å²) >= 11 is 0. The zero-order valence-electron chi connectivity index (χ0n) is 11.5. The summed E-state index contributed by atoms with van der Waals surface area (Å²) in [5.74, 6) is -1.29. The predicted octanol–water partition coefficient (Wildman–Crippen LogP) is -0.391. The fourth-order valence-corrected chi connectivity index (χ4v) is 2.64. The lowest BCUT2D eigenvalue weighted by Crippen LogP contribution is -2.38. The number of carboxylic acid groups (broad SMARTS) is 1. The van der Waals surface area contributed by atoms with Gasteiger partial charge in [0.25, 0.3) is 5.91 Å². The molecule has 0 spiro atoms. The minimum absolute atomic E-state index is 0.0981. The minimum Gasteiger partial charge on any atom is -0.480 e. The molecule has 1 fully saturated rings. The fourth-order valence-electron chi connectivity index (χ4n) is 2.06. The summed E-state index contributed by atoms with van der Waals surface area (Å²) in [4.78, 5) is 24.3. The lowest BCUT2D eigenvalue weighted by atomic mass is 10.3. The number of hydrogen-bond acceptors (Lipinski definition) is 4. The van der Waals surface area contributed by atoms with Crippen LogP contribution < -0.4 is 5.14 Å². The number of rotatable bonds is 6. The Morgan fingerprint density at radius 2 is 2.10 bits per heavy atom. The van der Waals surface area contributed by atoms with E-state index in [0.717, 1.165) is 12.8 Å². The Bertz CT molecular complexity index is 675. The van der Waals surface area contributed by atoms with Crippen LogP contribution in [0.1, 0.15) is 23.3 Å². The van der Waals surface area contributed by atoms with E-state index >= 15 is 0 Å². The van der Waals surface area contributed by atoms with E-state index in [9.17, 15) is 18.0 Å². The molecule has 0 aliphatic heterocycles. The number of aromatic nitrogens is 1. The van der Waals surface area contributed by atoms with Crippen molar-refractivity contribution in [1.29, 1.82) is 0 Å². The molecule has 1 aromatic heterocycles. The van der Waals surface area contributed by atoms with Crippen molar-refractivity contribution in [2.75, 3.05) is 13.1 Å². The Morgan fingerprint density at radius 1 is 1.48 bits per heavy atom. The van der Waals surface area contributed by atoms with Gasteiger partial charge in [0.05, 0.1) is 0 Å². The van der Waals surface area contributed by atoms with Crippen LogP contribution >= 0.6 is 0 Å². The highest BCUT2D eigenvalue weighted by Gasteiger charge is 2.30. The molecule has 116 valence electrons. The van der Waals surface area contributed by atoms with Crippen LogP contribution in [0.5, 0.6) is 0 Å². The fraction of sp³-hybridized carbons (Fsp3) is 0.500. The molecule has 1 saturated carbocycles. The first kappa shape index (κ1) is 15.5. The Balaban J connectivity index is 2.27. The summed E-state index contributed by atoms with van der Waals surface area (Å²) < 4.78 is 23.9. The molecule has 1 amide bonds. The van der Waals surface area contributed by atoms with Gasteiger partial charge in [-0.1, -0.05) is 0 Å². The highest BCUT2D eigenvalue weighted by atomic mass is 32.2. The molecule has 0 aromatic carbocycles. The van der Waals surface area contributed by atoms with Crippen LogP contribution in [0.4, 0.5) is 0 Å². The standard InChI is InChI=1S/C12H17N3O5S/c1-14-6-9(21(13,19)20)4-10(14)12(18)15(7-11(16)17)5-8-2-3-8/h4,6,8H,2-3,5,7H2,1H3,(H,16,17)(H2,13,19,20). The van der Waals surface area contributed by atoms with Gasteiger partial charge < -0.3 is 14.6 Å². The third-order valence-electron chi connectivity index (χ3n) is 3.32. The summed E-state index contributed by atoms with van der Waals surface area (Å²) in [5.41, 5.74) is 0.0981. The van der Waals surface area contributed by atoms with Crippen molar-refractivity contribution < 1.29 is 23.1 Å². The van der Waals surface area contributed by atoms with E-state index in [2.05, 4.69) is 0 Å². The van der Waals surface area contributed by atoms with E-state index in [0.29, 0.717) is 12.5 Å². The van der Waals surface area contributed by atoms with Crippen molar-refractivity contribution in [2.45, 2.75) is 17.7 Å². The van der Waals surface area contributed by atoms with Gasteiger partial charge >= 0.3 is 5.97 Å². The molecular formula is C12H17N3O5S. The Morgan fingerprint density at radius 3 is 2.52 bits per heavy atom. The maximum atomic E-state index is 12.4. The zero-order chi connectivity index (χ0) is 15.8. The maximum Gasteiger partial charge on any atom is 0.323 e. The van der Waals surface area contributed by atoms with Gasteiger partial charge in [0.2, 0.25) is 10.0 Å². The molecular weight excluding hydrogens is 298 g/mol. The van der Waals surface area contributed by atoms with Gasteiger partial charge in [0.15, 0.2) is 0 Å². The number of carbonyl (C=O) groups is 2. The first-order valence-electron chi connectivity index (χ1n) is 6.38. The molecule has 0 bridgehead atoms. The lowest BCUT2D eigenvalue weighted by Gasteiger charge is -2.20. The molecule has 1 aliphatic rings. The Labute approximate surface area is 122 Å². The van der Waals surface area contributed by atoms with Crippen LogP contribution in [0.25, 0.3) is 0 Å². The van der Waals surface area contributed by atoms with Gasteiger partial charge in [-0.3, -0.25) is 9.59 Å². The molecule has 0 radical (unpaired) electrons. The average molecular weight is 315 g/mol. The number of nitrogens with two attached hydrogens (primary N) is 1. The number of aryl methyl sites for hydroxylation is 1. The van der Waals surface area contributed by atoms with Crippen LogP contribution in [0.3, 0.4) is 0 Å². The van der Waals surface area contributed by atoms with Crippen LogP contribution in [0, 0.1) is 5.92 Å². The summed E-state index contributed by atoms with van der Waals surface area (Å²) in [6, 6.07) is 1.17. The molecule has 0 atom stereocenters. The summed E-state index contributed by atoms with van der Waals surface area (Å²) in [6.45, 7) is -0.0494. The molecule has 1 heterocycles. The SMILES string of the molecule is Cn1cc(S(N)(=O)=O)cc1C(=O)N(CC(=O)O)CC1CC1. The highest BCUT2D eigenvalue weighted by Crippen LogP contribution is 2.30. The van der Waals surface area contributed by atoms with Crippen molar-refractivity contribution in [1.82, 2.24) is 9.47 Å². The molecule has 1 aliphatic carbocycles. The molecule has 0 unspecified atom stereocenters. The zero-order valence-corrected chi connectivity index (χ0v) is 12.3. The number of carbonyl (C=O) groups excluding carboxylic acids is 1. The molecule has 1 aromatic rings. The summed E-state index contributed by atoms with van der Waals surface area (Å²) in [6.07, 6.45) is 3.18. The third-order valence-corrected chi connectivity index (χ3v) is 4.20. The van der Waals surface area contributed by atoms with Crippen LogP contribution in [0.2, 0.25) is 0 Å². The van der Waals surface area contributed by atoms with Crippen molar-refractivity contribution in [3.8, 4) is 0 Å². The van der Waals surface area contributed by atoms with Gasteiger partial charge in [0.1, 0.15) is 17.1 Å². The quantitative estimate of drug-likeness (QED) is 0.740. The van der Waals surface area contributed by atoms with E-state index in [1.165, 1.54) is 28.8 Å². The molecule has 2 rings (SSSR count). The number of aliphatic carboxylic acids is 1. The predicted molar refractivity (Wildman–Crippen MR) is 73.0 cm³/mol. The van der Waals surface area contributed by atoms with Crippen molar-refractivity contribution in [3.63, 3.8) is 0 Å². The topological polar surface area (TPSA) is 123 Å². The van der Waals surface area contributed by atoms with E-state index in [1.54, 1.807) is 0 Å². The molecule has 0 saturated heterocycles. The van der Waals surface area contributed by atoms with Gasteiger partial charge in [-0.25, -0.2) is 13.6 Å². The molecule has 21 heavy (non-hydrogen) atoms. The van der Waals surface area contributed by atoms with Crippen LogP contribution in [-0.4, -0.2) is 48.0 Å². The van der Waals surface area contributed by atoms with Gasteiger partial charge in [0, 0.05) is 19.8 Å². The summed E-state index contributed by atoms with van der Waals surface area (Å²) in [5, 5.41) is 13.9. The third kappa shape index (κ3) is 3.82. The second kappa shape index (κ2) is 5.49. The number of hydrogen-bond donors (Lipinski definition) is 2. The molecule has 9 heteroatoms. The second-order valence-electron chi connectivity index (χ2n) is 5.24. The largest absolute Gasteiger partial charge is 0.480 e. The highest BCUT2D eigenvalue weighted by molar-refractivity contribution is 7.89. The van der Waals surface area contributed by atoms with E-state index in [-0.39, 0.29) is 10.6 Å². The first-order valence-corrected chi connectivity index (χ1v) is 7.93. The smallest absolute Gasteiger partial charge is 0.323 e. The van der Waals surface area contributed by atoms with E-state index in [1.807, 2.05) is 0 Å². The van der Waals surface area contributed by atoms with E-state index < -0.39 is 28.4 Å². The Hall–Kier alpha value is -1.87. The second-order valence-corrected chi connectivity index (χ2v) is 6.80. The number of sulfonamides is 1. The minimum atomic E-state index is -3.91. The molecule has 3 N–H and O–H groups in total. The number of primary sulfonamides is 1. The van der Waals surface area contributed by atoms with Crippen LogP contribution in [-0.2, 0) is 21.9 Å². The number of nitrogens with zero attached hydrogens (tertiary/aromatic N) is 2. The average Bonchev–Trinajstić information content (AvgIpc) is 3.06. The maximum absolute atomic E-state index is 12.4. The van der Waals surface area contributed by atoms with Crippen LogP contribution in [0.15, 0.2) is 17.2 Å². The van der Waals surface area contributed by atoms with Gasteiger partial charge in [-0.05, 0) is 24.8 Å². The monoisotopic (exact) mass is 315 g/mol. The lowest BCUT2D eigenvalue weighted by molar-refractivity contribution is -0.137. The summed E-state index contributed by atoms with van der Waals surface area (Å²) in [7, 11) is -2.39. The van der Waals surface area contributed by atoms with Gasteiger partial charge in [-0.15, -0.1) is 0 Å². The Kier molecular flexibility index (Phi) is 4.06. The normalized spacial score (nSPS) is 15.0. The van der Waals surface area contributed by atoms with Crippen molar-refractivity contribution >= 4 is 21.9 Å². The van der Waals surface area contributed by atoms with Crippen molar-refractivity contribution in [3.05, 3.63) is 18.0 Å². The molecule has 8 nitrogen and oxygen atoms in total. The number of carboxylic acids is 1. The van der Waals surface area contributed by atoms with E-state index in [4.69, 9.17) is 10.2 Å². The van der Waals surface area contributed by atoms with Gasteiger partial charge in [-0.2, -0.15) is 0 Å².